The number of fused-ring (bicyclic) bond motifs is 1. The highest BCUT2D eigenvalue weighted by Crippen LogP contribution is 2.32. The van der Waals surface area contributed by atoms with Crippen molar-refractivity contribution in [3.8, 4) is 11.3 Å². The smallest absolute Gasteiger partial charge is 0.338 e. The summed E-state index contributed by atoms with van der Waals surface area (Å²) < 4.78 is 11.5. The molecule has 0 amide bonds. The monoisotopic (exact) mass is 330 g/mol. The summed E-state index contributed by atoms with van der Waals surface area (Å²) in [5.74, 6) is 0.265. The van der Waals surface area contributed by atoms with Crippen molar-refractivity contribution in [3.63, 3.8) is 0 Å². The van der Waals surface area contributed by atoms with Crippen LogP contribution in [0.3, 0.4) is 0 Å². The minimum atomic E-state index is -0.382. The number of carbonyl (C=O) groups is 1. The van der Waals surface area contributed by atoms with Crippen molar-refractivity contribution in [2.75, 3.05) is 7.11 Å². The molecule has 0 bridgehead atoms. The van der Waals surface area contributed by atoms with Crippen LogP contribution in [0.1, 0.15) is 10.4 Å². The van der Waals surface area contributed by atoms with Crippen LogP contribution in [-0.4, -0.2) is 13.1 Å². The molecule has 0 aliphatic rings. The summed E-state index contributed by atoms with van der Waals surface area (Å²) >= 11 is 3.41. The summed E-state index contributed by atoms with van der Waals surface area (Å²) in [4.78, 5) is 11.9. The molecule has 100 valence electrons. The number of furan rings is 1. The van der Waals surface area contributed by atoms with E-state index in [1.807, 2.05) is 36.4 Å². The normalized spacial score (nSPS) is 10.7. The van der Waals surface area contributed by atoms with Gasteiger partial charge >= 0.3 is 5.97 Å². The molecule has 0 unspecified atom stereocenters. The second-order valence-corrected chi connectivity index (χ2v) is 5.25. The van der Waals surface area contributed by atoms with E-state index in [1.54, 1.807) is 12.1 Å². The molecule has 1 heterocycles. The van der Waals surface area contributed by atoms with Gasteiger partial charge < -0.3 is 9.15 Å². The van der Waals surface area contributed by atoms with Gasteiger partial charge in [0.1, 0.15) is 11.3 Å². The minimum absolute atomic E-state index is 0.382. The molecule has 0 spiro atoms. The summed E-state index contributed by atoms with van der Waals surface area (Å²) in [6, 6.07) is 15.0. The number of methoxy groups -OCH3 is 1. The molecule has 0 aliphatic carbocycles. The van der Waals surface area contributed by atoms with Crippen LogP contribution in [-0.2, 0) is 4.74 Å². The first-order chi connectivity index (χ1) is 9.69. The van der Waals surface area contributed by atoms with Crippen molar-refractivity contribution in [2.45, 2.75) is 0 Å². The van der Waals surface area contributed by atoms with Gasteiger partial charge in [-0.15, -0.1) is 0 Å². The first-order valence-corrected chi connectivity index (χ1v) is 6.85. The predicted molar refractivity (Wildman–Crippen MR) is 80.7 cm³/mol. The molecule has 3 aromatic rings. The fourth-order valence-corrected chi connectivity index (χ4v) is 2.48. The molecular weight excluding hydrogens is 320 g/mol. The van der Waals surface area contributed by atoms with Crippen molar-refractivity contribution < 1.29 is 13.9 Å². The Morgan fingerprint density at radius 1 is 1.15 bits per heavy atom. The van der Waals surface area contributed by atoms with Crippen LogP contribution in [0.5, 0.6) is 0 Å². The van der Waals surface area contributed by atoms with Crippen molar-refractivity contribution in [1.82, 2.24) is 0 Å². The molecule has 2 aromatic carbocycles. The largest absolute Gasteiger partial charge is 0.465 e. The summed E-state index contributed by atoms with van der Waals surface area (Å²) in [6.07, 6.45) is 0. The van der Waals surface area contributed by atoms with E-state index in [0.717, 1.165) is 15.4 Å². The fraction of sp³-hybridized carbons (Fsp3) is 0.0625. The van der Waals surface area contributed by atoms with Gasteiger partial charge in [0.15, 0.2) is 0 Å². The van der Waals surface area contributed by atoms with E-state index in [-0.39, 0.29) is 5.97 Å². The highest BCUT2D eigenvalue weighted by molar-refractivity contribution is 9.10. The van der Waals surface area contributed by atoms with E-state index in [2.05, 4.69) is 15.9 Å². The average Bonchev–Trinajstić information content (AvgIpc) is 2.90. The highest BCUT2D eigenvalue weighted by Gasteiger charge is 2.16. The molecule has 0 saturated heterocycles. The molecular formula is C16H11BrO3. The summed E-state index contributed by atoms with van der Waals surface area (Å²) in [5.41, 5.74) is 1.98. The quantitative estimate of drug-likeness (QED) is 0.642. The maximum Gasteiger partial charge on any atom is 0.338 e. The molecule has 0 radical (unpaired) electrons. The van der Waals surface area contributed by atoms with Crippen LogP contribution in [0.25, 0.3) is 22.3 Å². The topological polar surface area (TPSA) is 39.4 Å². The minimum Gasteiger partial charge on any atom is -0.465 e. The molecule has 0 fully saturated rings. The average molecular weight is 331 g/mol. The molecule has 0 aliphatic heterocycles. The lowest BCUT2D eigenvalue weighted by Gasteiger charge is -2.06. The van der Waals surface area contributed by atoms with E-state index in [4.69, 9.17) is 9.15 Å². The van der Waals surface area contributed by atoms with E-state index in [0.29, 0.717) is 16.9 Å². The van der Waals surface area contributed by atoms with Crippen molar-refractivity contribution in [2.24, 2.45) is 0 Å². The Hall–Kier alpha value is -2.07. The third-order valence-corrected chi connectivity index (χ3v) is 3.57. The van der Waals surface area contributed by atoms with Crippen LogP contribution in [0.4, 0.5) is 0 Å². The number of hydrogen-bond acceptors (Lipinski definition) is 3. The molecule has 3 rings (SSSR count). The van der Waals surface area contributed by atoms with Crippen LogP contribution in [0, 0.1) is 0 Å². The predicted octanol–water partition coefficient (Wildman–Crippen LogP) is 4.65. The third kappa shape index (κ3) is 2.23. The van der Waals surface area contributed by atoms with Gasteiger partial charge in [0.2, 0.25) is 0 Å². The number of hydrogen-bond donors (Lipinski definition) is 0. The van der Waals surface area contributed by atoms with E-state index in [1.165, 1.54) is 7.11 Å². The van der Waals surface area contributed by atoms with Gasteiger partial charge in [-0.05, 0) is 30.3 Å². The van der Waals surface area contributed by atoms with Crippen LogP contribution >= 0.6 is 15.9 Å². The Kier molecular flexibility index (Phi) is 3.32. The molecule has 4 heteroatoms. The van der Waals surface area contributed by atoms with E-state index < -0.39 is 0 Å². The zero-order chi connectivity index (χ0) is 14.1. The zero-order valence-electron chi connectivity index (χ0n) is 10.7. The highest BCUT2D eigenvalue weighted by atomic mass is 79.9. The summed E-state index contributed by atoms with van der Waals surface area (Å²) in [6.45, 7) is 0. The van der Waals surface area contributed by atoms with Crippen LogP contribution < -0.4 is 0 Å². The SMILES string of the molecule is COC(=O)c1ccc(Br)cc1-c1cc2ccccc2o1. The molecule has 20 heavy (non-hydrogen) atoms. The van der Waals surface area contributed by atoms with Crippen molar-refractivity contribution in [3.05, 3.63) is 58.6 Å². The maximum atomic E-state index is 11.9. The van der Waals surface area contributed by atoms with Gasteiger partial charge in [-0.1, -0.05) is 34.1 Å². The molecule has 0 N–H and O–H groups in total. The van der Waals surface area contributed by atoms with Gasteiger partial charge in [-0.25, -0.2) is 4.79 Å². The Balaban J connectivity index is 2.22. The van der Waals surface area contributed by atoms with Gasteiger partial charge in [0.05, 0.1) is 12.7 Å². The number of benzene rings is 2. The lowest BCUT2D eigenvalue weighted by atomic mass is 10.1. The number of ether oxygens (including phenoxy) is 1. The summed E-state index contributed by atoms with van der Waals surface area (Å²) in [7, 11) is 1.37. The number of esters is 1. The first-order valence-electron chi connectivity index (χ1n) is 6.06. The second kappa shape index (κ2) is 5.13. The number of halogens is 1. The van der Waals surface area contributed by atoms with Gasteiger partial charge in [0, 0.05) is 15.4 Å². The fourth-order valence-electron chi connectivity index (χ4n) is 2.12. The Labute approximate surface area is 124 Å². The Bertz CT molecular complexity index is 756. The number of rotatable bonds is 2. The number of para-hydroxylation sites is 1. The summed E-state index contributed by atoms with van der Waals surface area (Å²) in [5, 5.41) is 0.998. The standard InChI is InChI=1S/C16H11BrO3/c1-19-16(18)12-7-6-11(17)9-13(12)15-8-10-4-2-3-5-14(10)20-15/h2-9H,1H3. The van der Waals surface area contributed by atoms with Gasteiger partial charge in [-0.2, -0.15) is 0 Å². The van der Waals surface area contributed by atoms with Gasteiger partial charge in [-0.3, -0.25) is 0 Å². The van der Waals surface area contributed by atoms with E-state index in [9.17, 15) is 4.79 Å². The van der Waals surface area contributed by atoms with Crippen LogP contribution in [0.2, 0.25) is 0 Å². The lowest BCUT2D eigenvalue weighted by Crippen LogP contribution is -2.03. The van der Waals surface area contributed by atoms with Crippen molar-refractivity contribution >= 4 is 32.9 Å². The van der Waals surface area contributed by atoms with Crippen molar-refractivity contribution in [1.29, 1.82) is 0 Å². The van der Waals surface area contributed by atoms with Crippen LogP contribution in [0.15, 0.2) is 57.4 Å². The van der Waals surface area contributed by atoms with E-state index >= 15 is 0 Å². The number of carbonyl (C=O) groups excluding carboxylic acids is 1. The molecule has 3 nitrogen and oxygen atoms in total. The molecule has 1 aromatic heterocycles. The first kappa shape index (κ1) is 12.9. The second-order valence-electron chi connectivity index (χ2n) is 4.33. The Morgan fingerprint density at radius 2 is 1.95 bits per heavy atom. The maximum absolute atomic E-state index is 11.9. The Morgan fingerprint density at radius 3 is 2.70 bits per heavy atom. The zero-order valence-corrected chi connectivity index (χ0v) is 12.3. The molecule has 0 atom stereocenters. The van der Waals surface area contributed by atoms with Gasteiger partial charge in [0.25, 0.3) is 0 Å². The third-order valence-electron chi connectivity index (χ3n) is 3.08. The molecule has 0 saturated carbocycles. The lowest BCUT2D eigenvalue weighted by molar-refractivity contribution is 0.0601.